The van der Waals surface area contributed by atoms with Gasteiger partial charge in [-0.3, -0.25) is 19.1 Å². The lowest BCUT2D eigenvalue weighted by Gasteiger charge is -2.12. The fourth-order valence-corrected chi connectivity index (χ4v) is 5.50. The van der Waals surface area contributed by atoms with Crippen molar-refractivity contribution in [2.75, 3.05) is 12.4 Å². The minimum atomic E-state index is -0.583. The lowest BCUT2D eigenvalue weighted by atomic mass is 9.99. The Morgan fingerprint density at radius 1 is 1.05 bits per heavy atom. The fraction of sp³-hybridized carbons (Fsp3) is 0.222. The molecule has 1 aliphatic heterocycles. The van der Waals surface area contributed by atoms with E-state index in [0.29, 0.717) is 22.9 Å². The zero-order valence-electron chi connectivity index (χ0n) is 20.7. The summed E-state index contributed by atoms with van der Waals surface area (Å²) in [5, 5.41) is 12.4. The number of anilines is 1. The van der Waals surface area contributed by atoms with Crippen molar-refractivity contribution in [1.29, 1.82) is 0 Å². The maximum atomic E-state index is 13.2. The van der Waals surface area contributed by atoms with Crippen LogP contribution < -0.4 is 5.32 Å². The molecule has 5 rings (SSSR count). The van der Waals surface area contributed by atoms with Crippen molar-refractivity contribution >= 4 is 34.6 Å². The van der Waals surface area contributed by atoms with E-state index in [1.54, 1.807) is 23.5 Å². The van der Waals surface area contributed by atoms with Gasteiger partial charge in [0.05, 0.1) is 19.2 Å². The molecule has 1 amide bonds. The van der Waals surface area contributed by atoms with E-state index < -0.39 is 17.8 Å². The molecule has 0 radical (unpaired) electrons. The van der Waals surface area contributed by atoms with Gasteiger partial charge in [-0.15, -0.1) is 21.5 Å². The number of nitrogens with one attached hydrogen (secondary N) is 1. The topological polar surface area (TPSA) is 98.5 Å². The SMILES string of the molecule is COC(=O)C[C@@H]1N=C(c2ccc(NC(=O)c3ccc(F)cc3)cc2)c2c(sc(C)c2C)-n2c(C)nnc21. The van der Waals surface area contributed by atoms with Crippen molar-refractivity contribution in [1.82, 2.24) is 14.8 Å². The Labute approximate surface area is 216 Å². The van der Waals surface area contributed by atoms with E-state index in [4.69, 9.17) is 9.73 Å². The highest BCUT2D eigenvalue weighted by molar-refractivity contribution is 7.15. The minimum absolute atomic E-state index is 0.0247. The molecule has 0 fully saturated rings. The van der Waals surface area contributed by atoms with Crippen LogP contribution in [0.25, 0.3) is 5.00 Å². The molecule has 2 aromatic carbocycles. The number of amides is 1. The van der Waals surface area contributed by atoms with Crippen LogP contribution in [0.2, 0.25) is 0 Å². The zero-order chi connectivity index (χ0) is 26.3. The molecule has 0 bridgehead atoms. The Hall–Kier alpha value is -4.18. The molecule has 10 heteroatoms. The summed E-state index contributed by atoms with van der Waals surface area (Å²) in [7, 11) is 1.35. The first-order valence-corrected chi connectivity index (χ1v) is 12.4. The van der Waals surface area contributed by atoms with Crippen LogP contribution in [0.1, 0.15) is 56.0 Å². The third kappa shape index (κ3) is 4.55. The number of aromatic nitrogens is 3. The zero-order valence-corrected chi connectivity index (χ0v) is 21.5. The van der Waals surface area contributed by atoms with Crippen molar-refractivity contribution in [3.8, 4) is 5.00 Å². The molecule has 0 spiro atoms. The quantitative estimate of drug-likeness (QED) is 0.372. The van der Waals surface area contributed by atoms with Crippen molar-refractivity contribution < 1.29 is 18.7 Å². The molecule has 1 N–H and O–H groups in total. The van der Waals surface area contributed by atoms with Gasteiger partial charge in [0.1, 0.15) is 22.7 Å². The summed E-state index contributed by atoms with van der Waals surface area (Å²) in [6.07, 6.45) is 0.0247. The highest BCUT2D eigenvalue weighted by Gasteiger charge is 2.32. The molecule has 4 aromatic rings. The number of rotatable bonds is 5. The normalized spacial score (nSPS) is 14.3. The molecule has 1 atom stereocenters. The summed E-state index contributed by atoms with van der Waals surface area (Å²) in [6.45, 7) is 5.99. The summed E-state index contributed by atoms with van der Waals surface area (Å²) >= 11 is 1.63. The first-order valence-electron chi connectivity index (χ1n) is 11.6. The summed E-state index contributed by atoms with van der Waals surface area (Å²) in [5.41, 5.74) is 4.55. The van der Waals surface area contributed by atoms with Gasteiger partial charge in [0.15, 0.2) is 5.82 Å². The summed E-state index contributed by atoms with van der Waals surface area (Å²) in [4.78, 5) is 31.0. The highest BCUT2D eigenvalue weighted by Crippen LogP contribution is 2.39. The molecule has 1 aliphatic rings. The molecule has 0 saturated carbocycles. The van der Waals surface area contributed by atoms with Gasteiger partial charge in [-0.25, -0.2) is 4.39 Å². The molecule has 8 nitrogen and oxygen atoms in total. The van der Waals surface area contributed by atoms with Crippen LogP contribution in [-0.4, -0.2) is 39.5 Å². The molecule has 188 valence electrons. The Morgan fingerprint density at radius 3 is 2.43 bits per heavy atom. The Bertz CT molecular complexity index is 1540. The Kier molecular flexibility index (Phi) is 6.43. The van der Waals surface area contributed by atoms with Crippen LogP contribution in [0.15, 0.2) is 53.5 Å². The molecule has 0 unspecified atom stereocenters. The van der Waals surface area contributed by atoms with Crippen LogP contribution in [0.4, 0.5) is 10.1 Å². The smallest absolute Gasteiger partial charge is 0.308 e. The average Bonchev–Trinajstić information content (AvgIpc) is 3.36. The fourth-order valence-electron chi connectivity index (χ4n) is 4.28. The first kappa shape index (κ1) is 24.5. The summed E-state index contributed by atoms with van der Waals surface area (Å²) < 4.78 is 20.1. The number of thiophene rings is 1. The number of hydrogen-bond acceptors (Lipinski definition) is 7. The molecular weight excluding hydrogens is 493 g/mol. The van der Waals surface area contributed by atoms with Gasteiger partial charge in [-0.2, -0.15) is 0 Å². The van der Waals surface area contributed by atoms with Crippen molar-refractivity contribution in [2.24, 2.45) is 4.99 Å². The number of fused-ring (bicyclic) bond motifs is 3. The predicted molar refractivity (Wildman–Crippen MR) is 139 cm³/mol. The van der Waals surface area contributed by atoms with Crippen LogP contribution in [0.3, 0.4) is 0 Å². The van der Waals surface area contributed by atoms with Crippen LogP contribution in [0.5, 0.6) is 0 Å². The minimum Gasteiger partial charge on any atom is -0.469 e. The van der Waals surface area contributed by atoms with Gasteiger partial charge in [-0.1, -0.05) is 12.1 Å². The van der Waals surface area contributed by atoms with Gasteiger partial charge in [0, 0.05) is 27.3 Å². The van der Waals surface area contributed by atoms with Crippen LogP contribution in [-0.2, 0) is 9.53 Å². The second-order valence-corrected chi connectivity index (χ2v) is 9.92. The van der Waals surface area contributed by atoms with Crippen molar-refractivity contribution in [3.63, 3.8) is 0 Å². The largest absolute Gasteiger partial charge is 0.469 e. The molecular formula is C27H24FN5O3S. The first-order chi connectivity index (χ1) is 17.8. The monoisotopic (exact) mass is 517 g/mol. The number of halogens is 1. The average molecular weight is 518 g/mol. The summed E-state index contributed by atoms with van der Waals surface area (Å²) in [5.74, 6) is 0.169. The summed E-state index contributed by atoms with van der Waals surface area (Å²) in [6, 6.07) is 12.1. The Balaban J connectivity index is 1.55. The third-order valence-corrected chi connectivity index (χ3v) is 7.54. The van der Waals surface area contributed by atoms with Crippen molar-refractivity contribution in [3.05, 3.63) is 93.1 Å². The van der Waals surface area contributed by atoms with E-state index in [1.807, 2.05) is 23.6 Å². The molecule has 0 aliphatic carbocycles. The predicted octanol–water partition coefficient (Wildman–Crippen LogP) is 5.10. The van der Waals surface area contributed by atoms with E-state index in [9.17, 15) is 14.0 Å². The van der Waals surface area contributed by atoms with Gasteiger partial charge < -0.3 is 10.1 Å². The van der Waals surface area contributed by atoms with E-state index in [0.717, 1.165) is 32.3 Å². The van der Waals surface area contributed by atoms with E-state index in [2.05, 4.69) is 29.4 Å². The number of methoxy groups -OCH3 is 1. The number of aliphatic imine (C=N–C) groups is 1. The Morgan fingerprint density at radius 2 is 1.76 bits per heavy atom. The number of hydrogen-bond donors (Lipinski definition) is 1. The van der Waals surface area contributed by atoms with Crippen molar-refractivity contribution in [2.45, 2.75) is 33.2 Å². The number of esters is 1. The van der Waals surface area contributed by atoms with Gasteiger partial charge in [-0.05, 0) is 62.7 Å². The number of carbonyl (C=O) groups is 2. The van der Waals surface area contributed by atoms with Gasteiger partial charge in [0.2, 0.25) is 0 Å². The van der Waals surface area contributed by atoms with Crippen LogP contribution in [0, 0.1) is 26.6 Å². The second kappa shape index (κ2) is 9.70. The molecule has 3 heterocycles. The highest BCUT2D eigenvalue weighted by atomic mass is 32.1. The number of aryl methyl sites for hydroxylation is 2. The molecule has 0 saturated heterocycles. The van der Waals surface area contributed by atoms with E-state index in [-0.39, 0.29) is 12.3 Å². The number of nitrogens with zero attached hydrogens (tertiary/aromatic N) is 4. The van der Waals surface area contributed by atoms with E-state index >= 15 is 0 Å². The maximum absolute atomic E-state index is 13.2. The number of carbonyl (C=O) groups excluding carboxylic acids is 2. The lowest BCUT2D eigenvalue weighted by molar-refractivity contribution is -0.141. The van der Waals surface area contributed by atoms with Gasteiger partial charge in [0.25, 0.3) is 5.91 Å². The second-order valence-electron chi connectivity index (χ2n) is 8.72. The van der Waals surface area contributed by atoms with Crippen LogP contribution >= 0.6 is 11.3 Å². The van der Waals surface area contributed by atoms with Gasteiger partial charge >= 0.3 is 5.97 Å². The molecule has 37 heavy (non-hydrogen) atoms. The molecule has 2 aromatic heterocycles. The third-order valence-electron chi connectivity index (χ3n) is 6.35. The standard InChI is InChI=1S/C27H24FN5O3S/c1-14-15(2)37-27-23(14)24(30-21(13-22(34)36-4)25-32-31-16(3)33(25)27)17-7-11-20(12-8-17)29-26(35)18-5-9-19(28)10-6-18/h5-12,21H,13H2,1-4H3,(H,29,35)/t21-/m0/s1. The number of benzene rings is 2. The maximum Gasteiger partial charge on any atom is 0.308 e. The number of ether oxygens (including phenoxy) is 1. The van der Waals surface area contributed by atoms with E-state index in [1.165, 1.54) is 31.4 Å². The lowest BCUT2D eigenvalue weighted by Crippen LogP contribution is -2.13.